The Kier molecular flexibility index (Phi) is 4.02. The van der Waals surface area contributed by atoms with Crippen molar-refractivity contribution in [1.82, 2.24) is 0 Å². The zero-order valence-electron chi connectivity index (χ0n) is 16.3. The Hall–Kier alpha value is 0. The summed E-state index contributed by atoms with van der Waals surface area (Å²) < 4.78 is 0. The van der Waals surface area contributed by atoms with Crippen molar-refractivity contribution in [3.05, 3.63) is 0 Å². The van der Waals surface area contributed by atoms with Gasteiger partial charge in [-0.25, -0.2) is 0 Å². The van der Waals surface area contributed by atoms with E-state index in [1.807, 2.05) is 0 Å². The average molecular weight is 305 g/mol. The fourth-order valence-electron chi connectivity index (χ4n) is 7.69. The highest BCUT2D eigenvalue weighted by Crippen LogP contribution is 2.71. The quantitative estimate of drug-likeness (QED) is 0.530. The maximum atomic E-state index is 2.70. The first-order valence-electron chi connectivity index (χ1n) is 10.2. The second-order valence-corrected chi connectivity index (χ2v) is 10.5. The molecule has 0 heterocycles. The molecule has 0 aliphatic heterocycles. The standard InChI is InChI=1S/C22H40/c1-8-16-12-18(15(3)14-20(16,4)5)22(7)11-10-17-13-19(22)21(17,6)9-2/h15-19H,8-14H2,1-7H3. The number of rotatable bonds is 3. The molecule has 0 aromatic carbocycles. The molecule has 22 heavy (non-hydrogen) atoms. The van der Waals surface area contributed by atoms with Crippen LogP contribution >= 0.6 is 0 Å². The van der Waals surface area contributed by atoms with Crippen LogP contribution in [0.1, 0.15) is 93.4 Å². The molecule has 0 spiro atoms. The summed E-state index contributed by atoms with van der Waals surface area (Å²) >= 11 is 0. The van der Waals surface area contributed by atoms with Crippen LogP contribution in [0.5, 0.6) is 0 Å². The summed E-state index contributed by atoms with van der Waals surface area (Å²) in [5.74, 6) is 4.89. The molecule has 4 aliphatic rings. The van der Waals surface area contributed by atoms with E-state index in [-0.39, 0.29) is 0 Å². The zero-order valence-corrected chi connectivity index (χ0v) is 16.3. The van der Waals surface area contributed by atoms with E-state index in [1.54, 1.807) is 6.42 Å². The van der Waals surface area contributed by atoms with Crippen LogP contribution in [0.3, 0.4) is 0 Å². The Balaban J connectivity index is 1.86. The molecule has 128 valence electrons. The summed E-state index contributed by atoms with van der Waals surface area (Å²) in [5.41, 5.74) is 1.86. The topological polar surface area (TPSA) is 0 Å². The molecule has 0 saturated heterocycles. The van der Waals surface area contributed by atoms with Gasteiger partial charge in [0.2, 0.25) is 0 Å². The molecule has 0 nitrogen and oxygen atoms in total. The van der Waals surface area contributed by atoms with Crippen molar-refractivity contribution < 1.29 is 0 Å². The molecule has 0 N–H and O–H groups in total. The lowest BCUT2D eigenvalue weighted by Gasteiger charge is -2.69. The maximum Gasteiger partial charge on any atom is -0.0261 e. The second kappa shape index (κ2) is 5.25. The van der Waals surface area contributed by atoms with Crippen LogP contribution in [-0.2, 0) is 0 Å². The predicted octanol–water partition coefficient (Wildman–Crippen LogP) is 6.94. The summed E-state index contributed by atoms with van der Waals surface area (Å²) in [6.07, 6.45) is 10.3. The van der Waals surface area contributed by atoms with Gasteiger partial charge in [0, 0.05) is 0 Å². The van der Waals surface area contributed by atoms with E-state index in [0.29, 0.717) is 16.2 Å². The smallest absolute Gasteiger partial charge is 0.0261 e. The summed E-state index contributed by atoms with van der Waals surface area (Å²) in [6.45, 7) is 17.9. The van der Waals surface area contributed by atoms with E-state index in [4.69, 9.17) is 0 Å². The van der Waals surface area contributed by atoms with Crippen molar-refractivity contribution in [2.75, 3.05) is 0 Å². The Morgan fingerprint density at radius 1 is 1.00 bits per heavy atom. The van der Waals surface area contributed by atoms with Crippen molar-refractivity contribution in [3.63, 3.8) is 0 Å². The number of hydrogen-bond acceptors (Lipinski definition) is 0. The van der Waals surface area contributed by atoms with Crippen LogP contribution in [0.4, 0.5) is 0 Å². The molecule has 4 saturated carbocycles. The average Bonchev–Trinajstić information content (AvgIpc) is 2.44. The van der Waals surface area contributed by atoms with E-state index in [0.717, 1.165) is 29.6 Å². The molecule has 2 bridgehead atoms. The Bertz CT molecular complexity index is 420. The molecule has 4 rings (SSSR count). The lowest BCUT2D eigenvalue weighted by Crippen LogP contribution is -2.61. The van der Waals surface area contributed by atoms with Crippen LogP contribution in [0, 0.1) is 45.8 Å². The van der Waals surface area contributed by atoms with Gasteiger partial charge >= 0.3 is 0 Å². The Morgan fingerprint density at radius 2 is 1.68 bits per heavy atom. The molecule has 0 aromatic heterocycles. The van der Waals surface area contributed by atoms with Crippen LogP contribution in [0.15, 0.2) is 0 Å². The molecule has 4 aliphatic carbocycles. The van der Waals surface area contributed by atoms with E-state index >= 15 is 0 Å². The van der Waals surface area contributed by atoms with E-state index < -0.39 is 0 Å². The van der Waals surface area contributed by atoms with Gasteiger partial charge in [-0.05, 0) is 77.9 Å². The molecule has 0 radical (unpaired) electrons. The van der Waals surface area contributed by atoms with Crippen LogP contribution in [0.25, 0.3) is 0 Å². The van der Waals surface area contributed by atoms with Crippen molar-refractivity contribution in [3.8, 4) is 0 Å². The lowest BCUT2D eigenvalue weighted by atomic mass is 9.36. The SMILES string of the molecule is CCC1CC(C2(C)CCC3CC2C3(C)CC)C(C)CC1(C)C. The van der Waals surface area contributed by atoms with E-state index in [2.05, 4.69) is 48.5 Å². The molecular formula is C22H40. The first kappa shape index (κ1) is 16.8. The van der Waals surface area contributed by atoms with Gasteiger partial charge in [0.1, 0.15) is 0 Å². The minimum Gasteiger partial charge on any atom is -0.0651 e. The highest BCUT2D eigenvalue weighted by Gasteiger charge is 2.63. The fraction of sp³-hybridized carbons (Fsp3) is 1.00. The minimum atomic E-state index is 0.561. The van der Waals surface area contributed by atoms with Crippen molar-refractivity contribution in [1.29, 1.82) is 0 Å². The van der Waals surface area contributed by atoms with Gasteiger partial charge in [0.05, 0.1) is 0 Å². The molecule has 0 heteroatoms. The first-order chi connectivity index (χ1) is 10.2. The lowest BCUT2D eigenvalue weighted by molar-refractivity contribution is -0.201. The fourth-order valence-corrected chi connectivity index (χ4v) is 7.69. The van der Waals surface area contributed by atoms with Gasteiger partial charge < -0.3 is 0 Å². The van der Waals surface area contributed by atoms with Crippen molar-refractivity contribution in [2.24, 2.45) is 45.8 Å². The Morgan fingerprint density at radius 3 is 2.23 bits per heavy atom. The largest absolute Gasteiger partial charge is 0.0651 e. The molecule has 4 fully saturated rings. The van der Waals surface area contributed by atoms with Gasteiger partial charge in [0.15, 0.2) is 0 Å². The normalized spacial score (nSPS) is 53.9. The second-order valence-electron chi connectivity index (χ2n) is 10.5. The van der Waals surface area contributed by atoms with Gasteiger partial charge in [-0.1, -0.05) is 61.3 Å². The van der Waals surface area contributed by atoms with Crippen molar-refractivity contribution >= 4 is 0 Å². The molecule has 7 atom stereocenters. The number of hydrogen-bond donors (Lipinski definition) is 0. The van der Waals surface area contributed by atoms with E-state index in [1.165, 1.54) is 38.5 Å². The maximum absolute atomic E-state index is 2.70. The summed E-state index contributed by atoms with van der Waals surface area (Å²) in [4.78, 5) is 0. The highest BCUT2D eigenvalue weighted by atomic mass is 14.7. The summed E-state index contributed by atoms with van der Waals surface area (Å²) in [6, 6.07) is 0. The van der Waals surface area contributed by atoms with Crippen LogP contribution in [0.2, 0.25) is 0 Å². The van der Waals surface area contributed by atoms with Gasteiger partial charge in [0.25, 0.3) is 0 Å². The van der Waals surface area contributed by atoms with Gasteiger partial charge in [-0.3, -0.25) is 0 Å². The monoisotopic (exact) mass is 304 g/mol. The summed E-state index contributed by atoms with van der Waals surface area (Å²) in [5, 5.41) is 0. The minimum absolute atomic E-state index is 0.561. The third-order valence-corrected chi connectivity index (χ3v) is 9.36. The highest BCUT2D eigenvalue weighted by molar-refractivity contribution is 5.12. The van der Waals surface area contributed by atoms with E-state index in [9.17, 15) is 0 Å². The number of fused-ring (bicyclic) bond motifs is 2. The van der Waals surface area contributed by atoms with Gasteiger partial charge in [-0.15, -0.1) is 0 Å². The molecule has 0 amide bonds. The predicted molar refractivity (Wildman–Crippen MR) is 96.8 cm³/mol. The summed E-state index contributed by atoms with van der Waals surface area (Å²) in [7, 11) is 0. The van der Waals surface area contributed by atoms with Crippen LogP contribution < -0.4 is 0 Å². The molecule has 7 unspecified atom stereocenters. The first-order valence-corrected chi connectivity index (χ1v) is 10.2. The third-order valence-electron chi connectivity index (χ3n) is 9.36. The molecule has 0 aromatic rings. The molecular weight excluding hydrogens is 264 g/mol. The van der Waals surface area contributed by atoms with Gasteiger partial charge in [-0.2, -0.15) is 0 Å². The zero-order chi connectivity index (χ0) is 16.3. The van der Waals surface area contributed by atoms with Crippen LogP contribution in [-0.4, -0.2) is 0 Å². The Labute approximate surface area is 139 Å². The third kappa shape index (κ3) is 2.15. The van der Waals surface area contributed by atoms with Crippen molar-refractivity contribution in [2.45, 2.75) is 93.4 Å².